The van der Waals surface area contributed by atoms with Crippen LogP contribution in [-0.2, 0) is 4.79 Å². The van der Waals surface area contributed by atoms with Gasteiger partial charge in [-0.2, -0.15) is 0 Å². The van der Waals surface area contributed by atoms with Crippen LogP contribution in [0.4, 0.5) is 10.8 Å². The minimum Gasteiger partial charge on any atom is -0.300 e. The fourth-order valence-electron chi connectivity index (χ4n) is 2.87. The van der Waals surface area contributed by atoms with E-state index in [1.54, 1.807) is 18.2 Å². The lowest BCUT2D eigenvalue weighted by Crippen LogP contribution is -2.37. The van der Waals surface area contributed by atoms with Gasteiger partial charge in [0, 0.05) is 11.1 Å². The molecule has 1 aliphatic heterocycles. The Bertz CT molecular complexity index is 1190. The summed E-state index contributed by atoms with van der Waals surface area (Å²) in [6.07, 6.45) is 0. The number of amides is 3. The number of rotatable bonds is 4. The van der Waals surface area contributed by atoms with Crippen LogP contribution in [-0.4, -0.2) is 39.1 Å². The van der Waals surface area contributed by atoms with Crippen molar-refractivity contribution in [3.05, 3.63) is 62.7 Å². The van der Waals surface area contributed by atoms with E-state index in [9.17, 15) is 24.5 Å². The molecule has 1 N–H and O–H groups in total. The average molecular weight is 417 g/mol. The number of thiazole rings is 1. The van der Waals surface area contributed by atoms with E-state index in [4.69, 9.17) is 11.6 Å². The SMILES string of the molecule is O=C(CN1C(=O)c2cccc([N+](=O)[O-])c2C1=O)Nc1nc2ccc(Cl)cc2s1. The van der Waals surface area contributed by atoms with Crippen molar-refractivity contribution < 1.29 is 19.3 Å². The molecule has 0 radical (unpaired) electrons. The topological polar surface area (TPSA) is 123 Å². The van der Waals surface area contributed by atoms with E-state index in [0.29, 0.717) is 15.4 Å². The van der Waals surface area contributed by atoms with E-state index in [1.807, 2.05) is 0 Å². The average Bonchev–Trinajstić information content (AvgIpc) is 3.14. The monoisotopic (exact) mass is 416 g/mol. The number of fused-ring (bicyclic) bond motifs is 2. The van der Waals surface area contributed by atoms with Crippen molar-refractivity contribution in [1.82, 2.24) is 9.88 Å². The third-order valence-corrected chi connectivity index (χ3v) is 5.24. The number of nitrogens with one attached hydrogen (secondary N) is 1. The van der Waals surface area contributed by atoms with Gasteiger partial charge in [0.1, 0.15) is 12.1 Å². The van der Waals surface area contributed by atoms with Crippen LogP contribution in [0.2, 0.25) is 5.02 Å². The van der Waals surface area contributed by atoms with Crippen molar-refractivity contribution in [3.8, 4) is 0 Å². The number of aromatic nitrogens is 1. The van der Waals surface area contributed by atoms with E-state index < -0.39 is 34.9 Å². The summed E-state index contributed by atoms with van der Waals surface area (Å²) in [5, 5.41) is 14.5. The normalized spacial score (nSPS) is 13.1. The largest absolute Gasteiger partial charge is 0.300 e. The van der Waals surface area contributed by atoms with E-state index in [-0.39, 0.29) is 16.3 Å². The first kappa shape index (κ1) is 18.0. The van der Waals surface area contributed by atoms with Gasteiger partial charge in [-0.3, -0.25) is 29.4 Å². The van der Waals surface area contributed by atoms with Crippen molar-refractivity contribution in [1.29, 1.82) is 0 Å². The Labute approximate surface area is 165 Å². The molecule has 2 aromatic carbocycles. The Morgan fingerprint density at radius 2 is 2.04 bits per heavy atom. The van der Waals surface area contributed by atoms with E-state index >= 15 is 0 Å². The first-order valence-electron chi connectivity index (χ1n) is 7.84. The molecule has 0 aliphatic carbocycles. The Morgan fingerprint density at radius 3 is 2.79 bits per heavy atom. The molecule has 0 unspecified atom stereocenters. The Kier molecular flexibility index (Phi) is 4.28. The highest BCUT2D eigenvalue weighted by Crippen LogP contribution is 2.31. The fourth-order valence-corrected chi connectivity index (χ4v) is 4.02. The molecule has 0 saturated carbocycles. The summed E-state index contributed by atoms with van der Waals surface area (Å²) in [6, 6.07) is 8.84. The molecule has 1 aromatic heterocycles. The van der Waals surface area contributed by atoms with Crippen LogP contribution in [0.15, 0.2) is 36.4 Å². The lowest BCUT2D eigenvalue weighted by Gasteiger charge is -2.12. The minimum absolute atomic E-state index is 0.0957. The number of carbonyl (C=O) groups excluding carboxylic acids is 3. The fraction of sp³-hybridized carbons (Fsp3) is 0.0588. The summed E-state index contributed by atoms with van der Waals surface area (Å²) in [4.78, 5) is 52.5. The molecule has 3 amide bonds. The summed E-state index contributed by atoms with van der Waals surface area (Å²) in [7, 11) is 0. The number of imide groups is 1. The molecular formula is C17H9ClN4O5S. The van der Waals surface area contributed by atoms with E-state index in [2.05, 4.69) is 10.3 Å². The smallest absolute Gasteiger partial charge is 0.282 e. The molecule has 0 bridgehead atoms. The number of halogens is 1. The predicted molar refractivity (Wildman–Crippen MR) is 102 cm³/mol. The molecule has 3 aromatic rings. The van der Waals surface area contributed by atoms with Gasteiger partial charge in [-0.25, -0.2) is 4.98 Å². The van der Waals surface area contributed by atoms with Crippen molar-refractivity contribution in [3.63, 3.8) is 0 Å². The van der Waals surface area contributed by atoms with Crippen LogP contribution < -0.4 is 5.32 Å². The highest BCUT2D eigenvalue weighted by Gasteiger charge is 2.41. The summed E-state index contributed by atoms with van der Waals surface area (Å²) in [5.41, 5.74) is -0.232. The summed E-state index contributed by atoms with van der Waals surface area (Å²) in [5.74, 6) is -2.28. The van der Waals surface area contributed by atoms with Crippen LogP contribution >= 0.6 is 22.9 Å². The van der Waals surface area contributed by atoms with Crippen LogP contribution in [0.3, 0.4) is 0 Å². The number of benzene rings is 2. The number of nitrogens with zero attached hydrogens (tertiary/aromatic N) is 3. The van der Waals surface area contributed by atoms with Gasteiger partial charge in [0.2, 0.25) is 5.91 Å². The maximum Gasteiger partial charge on any atom is 0.282 e. The molecule has 1 aliphatic rings. The lowest BCUT2D eigenvalue weighted by atomic mass is 10.1. The Hall–Kier alpha value is -3.37. The zero-order valence-electron chi connectivity index (χ0n) is 13.8. The molecule has 9 nitrogen and oxygen atoms in total. The van der Waals surface area contributed by atoms with Crippen molar-refractivity contribution in [2.45, 2.75) is 0 Å². The van der Waals surface area contributed by atoms with Crippen molar-refractivity contribution >= 4 is 61.7 Å². The highest BCUT2D eigenvalue weighted by molar-refractivity contribution is 7.22. The quantitative estimate of drug-likeness (QED) is 0.396. The van der Waals surface area contributed by atoms with Crippen molar-refractivity contribution in [2.24, 2.45) is 0 Å². The molecule has 28 heavy (non-hydrogen) atoms. The van der Waals surface area contributed by atoms with Gasteiger partial charge in [0.25, 0.3) is 17.5 Å². The molecular weight excluding hydrogens is 408 g/mol. The number of carbonyl (C=O) groups is 3. The first-order valence-corrected chi connectivity index (χ1v) is 9.04. The predicted octanol–water partition coefficient (Wildman–Crippen LogP) is 3.09. The lowest BCUT2D eigenvalue weighted by molar-refractivity contribution is -0.385. The number of hydrogen-bond acceptors (Lipinski definition) is 7. The third kappa shape index (κ3) is 2.98. The Balaban J connectivity index is 1.54. The van der Waals surface area contributed by atoms with Crippen LogP contribution in [0.1, 0.15) is 20.7 Å². The number of anilines is 1. The van der Waals surface area contributed by atoms with Gasteiger partial charge >= 0.3 is 0 Å². The highest BCUT2D eigenvalue weighted by atomic mass is 35.5. The van der Waals surface area contributed by atoms with Gasteiger partial charge in [0.05, 0.1) is 20.7 Å². The van der Waals surface area contributed by atoms with Crippen LogP contribution in [0.25, 0.3) is 10.2 Å². The van der Waals surface area contributed by atoms with Gasteiger partial charge < -0.3 is 5.32 Å². The molecule has 2 heterocycles. The molecule has 0 fully saturated rings. The van der Waals surface area contributed by atoms with Gasteiger partial charge in [0.15, 0.2) is 5.13 Å². The van der Waals surface area contributed by atoms with E-state index in [1.165, 1.54) is 23.5 Å². The summed E-state index contributed by atoms with van der Waals surface area (Å²) < 4.78 is 0.763. The minimum atomic E-state index is -0.876. The first-order chi connectivity index (χ1) is 13.3. The van der Waals surface area contributed by atoms with Crippen molar-refractivity contribution in [2.75, 3.05) is 11.9 Å². The van der Waals surface area contributed by atoms with Gasteiger partial charge in [-0.1, -0.05) is 29.0 Å². The molecule has 4 rings (SSSR count). The standard InChI is InChI=1S/C17H9ClN4O5S/c18-8-4-5-10-12(6-8)28-17(19-10)20-13(23)7-21-15(24)9-2-1-3-11(22(26)27)14(9)16(21)25/h1-6H,7H2,(H,19,20,23). The number of hydrogen-bond donors (Lipinski definition) is 1. The second kappa shape index (κ2) is 6.66. The summed E-state index contributed by atoms with van der Waals surface area (Å²) >= 11 is 7.11. The maximum atomic E-state index is 12.5. The summed E-state index contributed by atoms with van der Waals surface area (Å²) in [6.45, 7) is -0.583. The van der Waals surface area contributed by atoms with Crippen LogP contribution in [0, 0.1) is 10.1 Å². The van der Waals surface area contributed by atoms with Gasteiger partial charge in [-0.05, 0) is 24.3 Å². The number of nitro benzene ring substituents is 1. The molecule has 0 atom stereocenters. The zero-order chi connectivity index (χ0) is 20.0. The molecule has 0 saturated heterocycles. The van der Waals surface area contributed by atoms with E-state index in [0.717, 1.165) is 10.8 Å². The third-order valence-electron chi connectivity index (χ3n) is 4.07. The second-order valence-corrected chi connectivity index (χ2v) is 7.30. The molecule has 0 spiro atoms. The van der Waals surface area contributed by atoms with Gasteiger partial charge in [-0.15, -0.1) is 0 Å². The zero-order valence-corrected chi connectivity index (χ0v) is 15.4. The molecule has 140 valence electrons. The Morgan fingerprint density at radius 1 is 1.25 bits per heavy atom. The molecule has 11 heteroatoms. The maximum absolute atomic E-state index is 12.5. The number of nitro groups is 1. The second-order valence-electron chi connectivity index (χ2n) is 5.83. The van der Waals surface area contributed by atoms with Crippen LogP contribution in [0.5, 0.6) is 0 Å².